The molecule has 7 heteroatoms. The van der Waals surface area contributed by atoms with Crippen molar-refractivity contribution in [2.45, 2.75) is 24.9 Å². The minimum atomic E-state index is -0.813. The molecule has 7 nitrogen and oxygen atoms in total. The molecular formula is C18H23N3O4. The van der Waals surface area contributed by atoms with Crippen LogP contribution in [0.25, 0.3) is 0 Å². The Labute approximate surface area is 147 Å². The molecule has 3 amide bonds. The van der Waals surface area contributed by atoms with Gasteiger partial charge >= 0.3 is 6.03 Å². The molecule has 3 aliphatic heterocycles. The van der Waals surface area contributed by atoms with Crippen LogP contribution in [0.15, 0.2) is 12.1 Å². The maximum atomic E-state index is 13.2. The molecule has 2 fully saturated rings. The highest BCUT2D eigenvalue weighted by Gasteiger charge is 2.66. The van der Waals surface area contributed by atoms with Gasteiger partial charge in [0.25, 0.3) is 5.91 Å². The fourth-order valence-electron chi connectivity index (χ4n) is 4.71. The van der Waals surface area contributed by atoms with Crippen molar-refractivity contribution >= 4 is 11.9 Å². The van der Waals surface area contributed by atoms with Crippen LogP contribution in [0, 0.1) is 0 Å². The molecule has 1 aromatic carbocycles. The summed E-state index contributed by atoms with van der Waals surface area (Å²) in [6.07, 6.45) is 0. The average molecular weight is 345 g/mol. The van der Waals surface area contributed by atoms with Gasteiger partial charge in [0.15, 0.2) is 0 Å². The number of likely N-dealkylation sites (N-methyl/N-ethyl adjacent to an activating group) is 2. The molecule has 0 N–H and O–H groups in total. The zero-order valence-corrected chi connectivity index (χ0v) is 15.0. The minimum Gasteiger partial charge on any atom is -0.497 e. The highest BCUT2D eigenvalue weighted by Crippen LogP contribution is 2.52. The summed E-state index contributed by atoms with van der Waals surface area (Å²) in [6.45, 7) is 3.89. The first-order chi connectivity index (χ1) is 12.0. The van der Waals surface area contributed by atoms with Crippen LogP contribution < -0.4 is 9.47 Å². The molecule has 1 spiro atoms. The van der Waals surface area contributed by atoms with Crippen LogP contribution in [0.5, 0.6) is 11.5 Å². The molecule has 3 aliphatic rings. The van der Waals surface area contributed by atoms with E-state index in [9.17, 15) is 9.59 Å². The van der Waals surface area contributed by atoms with Gasteiger partial charge in [0.05, 0.1) is 20.8 Å². The molecule has 0 bridgehead atoms. The van der Waals surface area contributed by atoms with E-state index in [1.807, 2.05) is 26.1 Å². The molecular weight excluding hydrogens is 322 g/mol. The predicted molar refractivity (Wildman–Crippen MR) is 90.8 cm³/mol. The van der Waals surface area contributed by atoms with Crippen molar-refractivity contribution in [3.8, 4) is 11.5 Å². The summed E-state index contributed by atoms with van der Waals surface area (Å²) in [6, 6.07) is 3.63. The van der Waals surface area contributed by atoms with E-state index in [-0.39, 0.29) is 17.9 Å². The third-order valence-electron chi connectivity index (χ3n) is 5.82. The van der Waals surface area contributed by atoms with Crippen molar-refractivity contribution in [3.63, 3.8) is 0 Å². The predicted octanol–water partition coefficient (Wildman–Crippen LogP) is 1.27. The van der Waals surface area contributed by atoms with Gasteiger partial charge in [-0.2, -0.15) is 0 Å². The van der Waals surface area contributed by atoms with E-state index in [2.05, 4.69) is 4.90 Å². The third kappa shape index (κ3) is 1.90. The van der Waals surface area contributed by atoms with E-state index in [1.54, 1.807) is 19.1 Å². The van der Waals surface area contributed by atoms with Crippen molar-refractivity contribution in [2.75, 3.05) is 40.9 Å². The number of carbonyl (C=O) groups is 2. The first-order valence-corrected chi connectivity index (χ1v) is 8.54. The van der Waals surface area contributed by atoms with Crippen LogP contribution in [0.2, 0.25) is 0 Å². The van der Waals surface area contributed by atoms with Crippen molar-refractivity contribution in [3.05, 3.63) is 23.3 Å². The van der Waals surface area contributed by atoms with Gasteiger partial charge in [-0.25, -0.2) is 4.79 Å². The van der Waals surface area contributed by atoms with E-state index < -0.39 is 5.54 Å². The van der Waals surface area contributed by atoms with Crippen molar-refractivity contribution in [1.82, 2.24) is 14.7 Å². The number of urea groups is 1. The molecule has 0 radical (unpaired) electrons. The van der Waals surface area contributed by atoms with Crippen LogP contribution in [-0.4, -0.2) is 73.1 Å². The molecule has 3 heterocycles. The Bertz CT molecular complexity index is 765. The standard InChI is InChI=1S/C18H23N3O4/c1-5-20-16(22)18-10-19(2)9-14(18)12-6-11(24-3)7-15(25-4)13(12)8-21(18)17(20)23/h6-7,14H,5,8-10H2,1-4H3/t14-,18-/m0/s1. The van der Waals surface area contributed by atoms with Crippen LogP contribution in [0.1, 0.15) is 24.0 Å². The van der Waals surface area contributed by atoms with Gasteiger partial charge < -0.3 is 19.3 Å². The van der Waals surface area contributed by atoms with Crippen LogP contribution in [-0.2, 0) is 11.3 Å². The Balaban J connectivity index is 1.94. The lowest BCUT2D eigenvalue weighted by Gasteiger charge is -2.42. The molecule has 0 aromatic heterocycles. The fraction of sp³-hybridized carbons (Fsp3) is 0.556. The molecule has 0 unspecified atom stereocenters. The molecule has 2 atom stereocenters. The van der Waals surface area contributed by atoms with E-state index in [0.29, 0.717) is 31.1 Å². The molecule has 1 aromatic rings. The molecule has 0 saturated carbocycles. The number of benzene rings is 1. The average Bonchev–Trinajstić information content (AvgIpc) is 3.07. The zero-order valence-electron chi connectivity index (χ0n) is 15.0. The number of fused-ring (bicyclic) bond motifs is 2. The Kier molecular flexibility index (Phi) is 3.47. The largest absolute Gasteiger partial charge is 0.497 e. The van der Waals surface area contributed by atoms with Crippen molar-refractivity contribution in [2.24, 2.45) is 0 Å². The van der Waals surface area contributed by atoms with E-state index >= 15 is 0 Å². The topological polar surface area (TPSA) is 62.3 Å². The van der Waals surface area contributed by atoms with Crippen molar-refractivity contribution < 1.29 is 19.1 Å². The lowest BCUT2D eigenvalue weighted by atomic mass is 9.75. The molecule has 134 valence electrons. The number of carbonyl (C=O) groups excluding carboxylic acids is 2. The minimum absolute atomic E-state index is 0.0817. The summed E-state index contributed by atoms with van der Waals surface area (Å²) in [7, 11) is 5.23. The smallest absolute Gasteiger partial charge is 0.328 e. The fourth-order valence-corrected chi connectivity index (χ4v) is 4.71. The number of amides is 3. The Morgan fingerprint density at radius 2 is 2.00 bits per heavy atom. The quantitative estimate of drug-likeness (QED) is 0.772. The molecule has 25 heavy (non-hydrogen) atoms. The Morgan fingerprint density at radius 3 is 2.64 bits per heavy atom. The lowest BCUT2D eigenvalue weighted by molar-refractivity contribution is -0.133. The number of hydrogen-bond acceptors (Lipinski definition) is 5. The van der Waals surface area contributed by atoms with Gasteiger partial charge in [0.1, 0.15) is 17.0 Å². The lowest BCUT2D eigenvalue weighted by Crippen LogP contribution is -2.57. The van der Waals surface area contributed by atoms with Gasteiger partial charge in [-0.05, 0) is 25.6 Å². The maximum absolute atomic E-state index is 13.2. The summed E-state index contributed by atoms with van der Waals surface area (Å²) in [4.78, 5) is 31.4. The van der Waals surface area contributed by atoms with E-state index in [0.717, 1.165) is 17.7 Å². The number of imide groups is 1. The molecule has 0 aliphatic carbocycles. The maximum Gasteiger partial charge on any atom is 0.328 e. The second-order valence-corrected chi connectivity index (χ2v) is 6.99. The Hall–Kier alpha value is -2.28. The van der Waals surface area contributed by atoms with Gasteiger partial charge in [-0.3, -0.25) is 9.69 Å². The number of ether oxygens (including phenoxy) is 2. The highest BCUT2D eigenvalue weighted by molar-refractivity contribution is 6.08. The normalized spacial score (nSPS) is 28.1. The highest BCUT2D eigenvalue weighted by atomic mass is 16.5. The second kappa shape index (κ2) is 5.36. The first-order valence-electron chi connectivity index (χ1n) is 8.54. The van der Waals surface area contributed by atoms with Crippen LogP contribution >= 0.6 is 0 Å². The zero-order chi connectivity index (χ0) is 17.9. The third-order valence-corrected chi connectivity index (χ3v) is 5.82. The van der Waals surface area contributed by atoms with E-state index in [1.165, 1.54) is 4.90 Å². The van der Waals surface area contributed by atoms with Gasteiger partial charge in [0.2, 0.25) is 0 Å². The monoisotopic (exact) mass is 345 g/mol. The number of nitrogens with zero attached hydrogens (tertiary/aromatic N) is 3. The summed E-state index contributed by atoms with van der Waals surface area (Å²) >= 11 is 0. The number of hydrogen-bond donors (Lipinski definition) is 0. The first kappa shape index (κ1) is 16.2. The van der Waals surface area contributed by atoms with Gasteiger partial charge in [-0.1, -0.05) is 0 Å². The summed E-state index contributed by atoms with van der Waals surface area (Å²) in [5, 5.41) is 0. The molecule has 2 saturated heterocycles. The van der Waals surface area contributed by atoms with Crippen LogP contribution in [0.3, 0.4) is 0 Å². The number of likely N-dealkylation sites (tertiary alicyclic amines) is 1. The number of rotatable bonds is 3. The van der Waals surface area contributed by atoms with Gasteiger partial charge in [-0.15, -0.1) is 0 Å². The number of methoxy groups -OCH3 is 2. The van der Waals surface area contributed by atoms with E-state index in [4.69, 9.17) is 9.47 Å². The Morgan fingerprint density at radius 1 is 1.24 bits per heavy atom. The van der Waals surface area contributed by atoms with Crippen molar-refractivity contribution in [1.29, 1.82) is 0 Å². The second-order valence-electron chi connectivity index (χ2n) is 6.99. The summed E-state index contributed by atoms with van der Waals surface area (Å²) in [5.41, 5.74) is 1.21. The summed E-state index contributed by atoms with van der Waals surface area (Å²) < 4.78 is 11.0. The SMILES string of the molecule is CCN1C(=O)N2Cc3c(OC)cc(OC)cc3[C@@H]3CN(C)C[C@@]32C1=O. The van der Waals surface area contributed by atoms with Crippen LogP contribution in [0.4, 0.5) is 4.79 Å². The van der Waals surface area contributed by atoms with Gasteiger partial charge in [0, 0.05) is 37.2 Å². The molecule has 4 rings (SSSR count). The summed E-state index contributed by atoms with van der Waals surface area (Å²) in [5.74, 6) is 1.24.